The second-order valence-corrected chi connectivity index (χ2v) is 8.46. The lowest BCUT2D eigenvalue weighted by Crippen LogP contribution is -2.22. The maximum Gasteiger partial charge on any atom is 0.119 e. The van der Waals surface area contributed by atoms with Gasteiger partial charge in [-0.05, 0) is 54.2 Å². The van der Waals surface area contributed by atoms with Crippen LogP contribution in [0.1, 0.15) is 65.7 Å². The quantitative estimate of drug-likeness (QED) is 0.283. The van der Waals surface area contributed by atoms with Crippen LogP contribution in [0.5, 0.6) is 11.5 Å². The average Bonchev–Trinajstić information content (AvgIpc) is 2.76. The van der Waals surface area contributed by atoms with Crippen molar-refractivity contribution in [1.29, 1.82) is 0 Å². The predicted octanol–water partition coefficient (Wildman–Crippen LogP) is 7.53. The number of unbranched alkanes of at least 4 members (excludes halogenated alkanes) is 5. The Balaban J connectivity index is 1.76. The number of methoxy groups -OCH3 is 1. The third kappa shape index (κ3) is 9.21. The molecule has 2 rings (SSSR count). The monoisotopic (exact) mass is 412 g/mol. The van der Waals surface area contributed by atoms with Crippen molar-refractivity contribution in [3.8, 4) is 22.6 Å². The SMILES string of the molecule is CCCCCCCCOc1ccc(-c2ccc(OC[C@H](CC(C)C)OC)cc2)cc1. The van der Waals surface area contributed by atoms with Gasteiger partial charge in [-0.15, -0.1) is 0 Å². The van der Waals surface area contributed by atoms with Crippen LogP contribution >= 0.6 is 0 Å². The summed E-state index contributed by atoms with van der Waals surface area (Å²) in [6.45, 7) is 8.04. The smallest absolute Gasteiger partial charge is 0.119 e. The van der Waals surface area contributed by atoms with Crippen LogP contribution in [0.15, 0.2) is 48.5 Å². The third-order valence-corrected chi connectivity index (χ3v) is 5.31. The summed E-state index contributed by atoms with van der Waals surface area (Å²) in [6, 6.07) is 16.6. The maximum atomic E-state index is 5.91. The molecule has 0 radical (unpaired) electrons. The molecule has 0 bridgehead atoms. The Morgan fingerprint density at radius 3 is 1.77 bits per heavy atom. The van der Waals surface area contributed by atoms with Crippen LogP contribution in [0.3, 0.4) is 0 Å². The molecule has 0 aliphatic rings. The summed E-state index contributed by atoms with van der Waals surface area (Å²) in [5, 5.41) is 0. The van der Waals surface area contributed by atoms with E-state index in [9.17, 15) is 0 Å². The molecule has 0 aliphatic heterocycles. The molecule has 0 heterocycles. The topological polar surface area (TPSA) is 27.7 Å². The molecule has 3 nitrogen and oxygen atoms in total. The van der Waals surface area contributed by atoms with Gasteiger partial charge in [0.1, 0.15) is 18.1 Å². The highest BCUT2D eigenvalue weighted by atomic mass is 16.5. The standard InChI is InChI=1S/C27H40O3/c1-5-6-7-8-9-10-19-29-25-15-11-23(12-16-25)24-13-17-26(18-14-24)30-21-27(28-4)20-22(2)3/h11-18,22,27H,5-10,19-21H2,1-4H3/t27-/m0/s1. The lowest BCUT2D eigenvalue weighted by Gasteiger charge is -2.18. The first kappa shape index (κ1) is 24.3. The molecule has 0 aromatic heterocycles. The lowest BCUT2D eigenvalue weighted by molar-refractivity contribution is 0.0434. The molecule has 3 heteroatoms. The minimum absolute atomic E-state index is 0.133. The number of rotatable bonds is 15. The van der Waals surface area contributed by atoms with Crippen LogP contribution < -0.4 is 9.47 Å². The highest BCUT2D eigenvalue weighted by Crippen LogP contribution is 2.25. The zero-order valence-electron chi connectivity index (χ0n) is 19.4. The van der Waals surface area contributed by atoms with Gasteiger partial charge in [0.25, 0.3) is 0 Å². The van der Waals surface area contributed by atoms with Gasteiger partial charge in [-0.2, -0.15) is 0 Å². The summed E-state index contributed by atoms with van der Waals surface area (Å²) in [6.07, 6.45) is 8.84. The molecular formula is C27H40O3. The van der Waals surface area contributed by atoms with Crippen LogP contribution in [0.4, 0.5) is 0 Å². The molecule has 0 aliphatic carbocycles. The molecule has 166 valence electrons. The van der Waals surface area contributed by atoms with E-state index < -0.39 is 0 Å². The van der Waals surface area contributed by atoms with Gasteiger partial charge in [0.2, 0.25) is 0 Å². The molecule has 0 unspecified atom stereocenters. The molecule has 0 saturated heterocycles. The zero-order valence-corrected chi connectivity index (χ0v) is 19.4. The fraction of sp³-hybridized carbons (Fsp3) is 0.556. The highest BCUT2D eigenvalue weighted by molar-refractivity contribution is 5.64. The van der Waals surface area contributed by atoms with Crippen molar-refractivity contribution >= 4 is 0 Å². The maximum absolute atomic E-state index is 5.91. The van der Waals surface area contributed by atoms with Crippen LogP contribution in [0, 0.1) is 5.92 Å². The van der Waals surface area contributed by atoms with E-state index in [-0.39, 0.29) is 6.10 Å². The van der Waals surface area contributed by atoms with Crippen LogP contribution in [-0.2, 0) is 4.74 Å². The largest absolute Gasteiger partial charge is 0.494 e. The van der Waals surface area contributed by atoms with Crippen molar-refractivity contribution < 1.29 is 14.2 Å². The number of hydrogen-bond donors (Lipinski definition) is 0. The molecule has 0 saturated carbocycles. The van der Waals surface area contributed by atoms with Gasteiger partial charge in [-0.1, -0.05) is 77.1 Å². The van der Waals surface area contributed by atoms with Gasteiger partial charge >= 0.3 is 0 Å². The Labute approximate surface area is 183 Å². The van der Waals surface area contributed by atoms with E-state index in [0.29, 0.717) is 12.5 Å². The number of benzene rings is 2. The van der Waals surface area contributed by atoms with Crippen molar-refractivity contribution in [2.24, 2.45) is 5.92 Å². The molecule has 1 atom stereocenters. The number of ether oxygens (including phenoxy) is 3. The van der Waals surface area contributed by atoms with Crippen LogP contribution in [0.2, 0.25) is 0 Å². The third-order valence-electron chi connectivity index (χ3n) is 5.31. The van der Waals surface area contributed by atoms with E-state index in [1.807, 2.05) is 12.1 Å². The molecule has 2 aromatic carbocycles. The van der Waals surface area contributed by atoms with E-state index >= 15 is 0 Å². The minimum Gasteiger partial charge on any atom is -0.494 e. The number of hydrogen-bond acceptors (Lipinski definition) is 3. The predicted molar refractivity (Wildman–Crippen MR) is 126 cm³/mol. The second-order valence-electron chi connectivity index (χ2n) is 8.46. The summed E-state index contributed by atoms with van der Waals surface area (Å²) in [4.78, 5) is 0. The summed E-state index contributed by atoms with van der Waals surface area (Å²) in [5.41, 5.74) is 2.36. The highest BCUT2D eigenvalue weighted by Gasteiger charge is 2.10. The summed E-state index contributed by atoms with van der Waals surface area (Å²) in [7, 11) is 1.75. The summed E-state index contributed by atoms with van der Waals surface area (Å²) < 4.78 is 17.3. The van der Waals surface area contributed by atoms with Gasteiger partial charge < -0.3 is 14.2 Å². The van der Waals surface area contributed by atoms with Crippen molar-refractivity contribution in [3.63, 3.8) is 0 Å². The van der Waals surface area contributed by atoms with E-state index in [2.05, 4.69) is 57.2 Å². The second kappa shape index (κ2) is 14.1. The van der Waals surface area contributed by atoms with Gasteiger partial charge in [0.15, 0.2) is 0 Å². The Bertz CT molecular complexity index is 676. The Kier molecular flexibility index (Phi) is 11.4. The van der Waals surface area contributed by atoms with E-state index in [1.54, 1.807) is 7.11 Å². The van der Waals surface area contributed by atoms with Crippen LogP contribution in [0.25, 0.3) is 11.1 Å². The Morgan fingerprint density at radius 1 is 0.700 bits per heavy atom. The van der Waals surface area contributed by atoms with Crippen molar-refractivity contribution in [1.82, 2.24) is 0 Å². The van der Waals surface area contributed by atoms with Gasteiger partial charge in [0, 0.05) is 7.11 Å². The fourth-order valence-electron chi connectivity index (χ4n) is 3.51. The van der Waals surface area contributed by atoms with Crippen molar-refractivity contribution in [3.05, 3.63) is 48.5 Å². The van der Waals surface area contributed by atoms with E-state index in [0.717, 1.165) is 30.9 Å². The van der Waals surface area contributed by atoms with Crippen LogP contribution in [-0.4, -0.2) is 26.4 Å². The molecule has 2 aromatic rings. The summed E-state index contributed by atoms with van der Waals surface area (Å²) in [5.74, 6) is 2.42. The van der Waals surface area contributed by atoms with Gasteiger partial charge in [-0.25, -0.2) is 0 Å². The van der Waals surface area contributed by atoms with Gasteiger partial charge in [0.05, 0.1) is 12.7 Å². The molecule has 30 heavy (non-hydrogen) atoms. The van der Waals surface area contributed by atoms with Gasteiger partial charge in [-0.3, -0.25) is 0 Å². The summed E-state index contributed by atoms with van der Waals surface area (Å²) >= 11 is 0. The molecule has 0 fully saturated rings. The molecule has 0 amide bonds. The minimum atomic E-state index is 0.133. The molecular weight excluding hydrogens is 372 g/mol. The first-order valence-electron chi connectivity index (χ1n) is 11.6. The average molecular weight is 413 g/mol. The first-order valence-corrected chi connectivity index (χ1v) is 11.6. The Morgan fingerprint density at radius 2 is 1.23 bits per heavy atom. The molecule has 0 spiro atoms. The van der Waals surface area contributed by atoms with Crippen molar-refractivity contribution in [2.45, 2.75) is 71.8 Å². The van der Waals surface area contributed by atoms with E-state index in [1.165, 1.54) is 43.2 Å². The first-order chi connectivity index (χ1) is 14.6. The zero-order chi connectivity index (χ0) is 21.6. The Hall–Kier alpha value is -2.00. The lowest BCUT2D eigenvalue weighted by atomic mass is 10.1. The van der Waals surface area contributed by atoms with E-state index in [4.69, 9.17) is 14.2 Å². The molecule has 0 N–H and O–H groups in total. The fourth-order valence-corrected chi connectivity index (χ4v) is 3.51. The normalized spacial score (nSPS) is 12.2. The van der Waals surface area contributed by atoms with Crippen molar-refractivity contribution in [2.75, 3.05) is 20.3 Å².